The number of halogens is 3. The number of benzene rings is 3. The number of rotatable bonds is 1. The van der Waals surface area contributed by atoms with Gasteiger partial charge < -0.3 is 0 Å². The molecular formula is C23H16F3N2S+. The molecule has 0 spiro atoms. The summed E-state index contributed by atoms with van der Waals surface area (Å²) in [6, 6.07) is 16.5. The lowest BCUT2D eigenvalue weighted by molar-refractivity contribution is -0.662. The van der Waals surface area contributed by atoms with E-state index in [4.69, 9.17) is 0 Å². The minimum atomic E-state index is -4.50. The van der Waals surface area contributed by atoms with Gasteiger partial charge in [0.25, 0.3) is 6.33 Å². The first-order chi connectivity index (χ1) is 13.9. The Morgan fingerprint density at radius 2 is 1.62 bits per heavy atom. The summed E-state index contributed by atoms with van der Waals surface area (Å²) in [5.41, 5.74) is 1.13. The number of nitrogens with zero attached hydrogens (tertiary/aromatic N) is 2. The molecule has 5 rings (SSSR count). The highest BCUT2D eigenvalue weighted by atomic mass is 32.1. The summed E-state index contributed by atoms with van der Waals surface area (Å²) in [7, 11) is 1.83. The molecule has 0 atom stereocenters. The molecule has 0 unspecified atom stereocenters. The summed E-state index contributed by atoms with van der Waals surface area (Å²) >= 11 is 1.59. The van der Waals surface area contributed by atoms with Crippen LogP contribution in [0, 0.1) is 6.92 Å². The molecule has 6 heteroatoms. The third-order valence-corrected chi connectivity index (χ3v) is 6.61. The van der Waals surface area contributed by atoms with E-state index in [0.717, 1.165) is 26.2 Å². The predicted molar refractivity (Wildman–Crippen MR) is 111 cm³/mol. The smallest absolute Gasteiger partial charge is 0.231 e. The molecule has 0 saturated carbocycles. The van der Waals surface area contributed by atoms with Crippen molar-refractivity contribution in [3.05, 3.63) is 72.1 Å². The van der Waals surface area contributed by atoms with E-state index in [-0.39, 0.29) is 10.9 Å². The molecule has 0 saturated heterocycles. The Kier molecular flexibility index (Phi) is 3.90. The summed E-state index contributed by atoms with van der Waals surface area (Å²) < 4.78 is 45.2. The molecule has 144 valence electrons. The third-order valence-electron chi connectivity index (χ3n) is 5.33. The fraction of sp³-hybridized carbons (Fsp3) is 0.130. The maximum absolute atomic E-state index is 14.1. The number of thiophene rings is 1. The molecule has 2 heterocycles. The Morgan fingerprint density at radius 1 is 0.931 bits per heavy atom. The molecular weight excluding hydrogens is 393 g/mol. The highest BCUT2D eigenvalue weighted by molar-refractivity contribution is 7.22. The number of aryl methyl sites for hydroxylation is 2. The summed E-state index contributed by atoms with van der Waals surface area (Å²) in [6.07, 6.45) is -3.02. The van der Waals surface area contributed by atoms with E-state index in [2.05, 4.69) is 4.98 Å². The Morgan fingerprint density at radius 3 is 2.34 bits per heavy atom. The molecule has 0 amide bonds. The van der Waals surface area contributed by atoms with Gasteiger partial charge in [0.05, 0.1) is 17.3 Å². The molecule has 0 N–H and O–H groups in total. The second-order valence-electron chi connectivity index (χ2n) is 7.12. The van der Waals surface area contributed by atoms with Crippen molar-refractivity contribution in [3.63, 3.8) is 0 Å². The topological polar surface area (TPSA) is 16.8 Å². The van der Waals surface area contributed by atoms with Crippen molar-refractivity contribution in [2.24, 2.45) is 7.05 Å². The van der Waals surface area contributed by atoms with Gasteiger partial charge in [-0.2, -0.15) is 13.2 Å². The van der Waals surface area contributed by atoms with Gasteiger partial charge in [-0.1, -0.05) is 42.5 Å². The van der Waals surface area contributed by atoms with Crippen LogP contribution in [-0.2, 0) is 13.2 Å². The van der Waals surface area contributed by atoms with Gasteiger partial charge in [-0.3, -0.25) is 0 Å². The third kappa shape index (κ3) is 2.70. The van der Waals surface area contributed by atoms with E-state index in [0.29, 0.717) is 10.8 Å². The maximum atomic E-state index is 14.1. The molecule has 2 aromatic heterocycles. The number of fused-ring (bicyclic) bond motifs is 3. The van der Waals surface area contributed by atoms with Crippen molar-refractivity contribution < 1.29 is 17.7 Å². The normalized spacial score (nSPS) is 12.3. The first-order valence-electron chi connectivity index (χ1n) is 9.12. The van der Waals surface area contributed by atoms with Crippen LogP contribution in [0.25, 0.3) is 42.3 Å². The van der Waals surface area contributed by atoms with E-state index in [1.807, 2.05) is 48.9 Å². The monoisotopic (exact) mass is 409 g/mol. The Bertz CT molecular complexity index is 1420. The van der Waals surface area contributed by atoms with Crippen LogP contribution in [0.4, 0.5) is 13.2 Å². The molecule has 0 fully saturated rings. The van der Waals surface area contributed by atoms with Gasteiger partial charge in [-0.15, -0.1) is 11.3 Å². The van der Waals surface area contributed by atoms with E-state index in [1.54, 1.807) is 29.5 Å². The van der Waals surface area contributed by atoms with Crippen molar-refractivity contribution in [2.75, 3.05) is 0 Å². The van der Waals surface area contributed by atoms with E-state index < -0.39 is 11.7 Å². The van der Waals surface area contributed by atoms with Crippen molar-refractivity contribution in [1.29, 1.82) is 0 Å². The molecule has 2 nitrogen and oxygen atoms in total. The Hall–Kier alpha value is -2.99. The molecule has 0 aliphatic rings. The van der Waals surface area contributed by atoms with Crippen LogP contribution < -0.4 is 4.57 Å². The van der Waals surface area contributed by atoms with Crippen LogP contribution in [0.1, 0.15) is 11.1 Å². The second kappa shape index (κ2) is 6.26. The summed E-state index contributed by atoms with van der Waals surface area (Å²) in [4.78, 5) is 5.18. The molecule has 29 heavy (non-hydrogen) atoms. The Balaban J connectivity index is 1.98. The minimum absolute atomic E-state index is 0.0128. The van der Waals surface area contributed by atoms with E-state index in [1.165, 1.54) is 12.4 Å². The quantitative estimate of drug-likeness (QED) is 0.231. The average molecular weight is 409 g/mol. The van der Waals surface area contributed by atoms with Crippen LogP contribution in [0.5, 0.6) is 0 Å². The SMILES string of the molecule is Cc1c(-c2c3cc4ccccc4c(C(F)(F)F)c3nc[n+]2C)sc2ccccc12. The number of hydrogen-bond donors (Lipinski definition) is 0. The highest BCUT2D eigenvalue weighted by Gasteiger charge is 2.38. The van der Waals surface area contributed by atoms with Crippen LogP contribution in [0.3, 0.4) is 0 Å². The maximum Gasteiger partial charge on any atom is 0.421 e. The molecule has 0 radical (unpaired) electrons. The van der Waals surface area contributed by atoms with Crippen LogP contribution in [0.2, 0.25) is 0 Å². The molecule has 5 aromatic rings. The minimum Gasteiger partial charge on any atom is -0.231 e. The zero-order valence-corrected chi connectivity index (χ0v) is 16.5. The lowest BCUT2D eigenvalue weighted by atomic mass is 9.97. The van der Waals surface area contributed by atoms with Crippen LogP contribution in [-0.4, -0.2) is 4.98 Å². The van der Waals surface area contributed by atoms with Gasteiger partial charge in [-0.25, -0.2) is 4.57 Å². The fourth-order valence-electron chi connectivity index (χ4n) is 4.01. The van der Waals surface area contributed by atoms with Crippen molar-refractivity contribution in [3.8, 4) is 10.6 Å². The van der Waals surface area contributed by atoms with Crippen molar-refractivity contribution in [1.82, 2.24) is 4.98 Å². The Labute approximate surface area is 168 Å². The van der Waals surface area contributed by atoms with Crippen molar-refractivity contribution >= 4 is 43.1 Å². The van der Waals surface area contributed by atoms with Gasteiger partial charge in [-0.05, 0) is 45.8 Å². The lowest BCUT2D eigenvalue weighted by Gasteiger charge is -2.13. The average Bonchev–Trinajstić information content (AvgIpc) is 3.02. The number of aromatic nitrogens is 2. The molecule has 0 bridgehead atoms. The van der Waals surface area contributed by atoms with Gasteiger partial charge >= 0.3 is 6.18 Å². The van der Waals surface area contributed by atoms with Crippen LogP contribution in [0.15, 0.2) is 60.9 Å². The zero-order valence-electron chi connectivity index (χ0n) is 15.7. The zero-order chi connectivity index (χ0) is 20.3. The number of alkyl halides is 3. The van der Waals surface area contributed by atoms with Crippen molar-refractivity contribution in [2.45, 2.75) is 13.1 Å². The second-order valence-corrected chi connectivity index (χ2v) is 8.18. The molecule has 0 aliphatic carbocycles. The summed E-state index contributed by atoms with van der Waals surface area (Å²) in [5.74, 6) is 0. The van der Waals surface area contributed by atoms with Gasteiger partial charge in [0, 0.05) is 4.70 Å². The highest BCUT2D eigenvalue weighted by Crippen LogP contribution is 2.43. The van der Waals surface area contributed by atoms with E-state index >= 15 is 0 Å². The molecule has 3 aromatic carbocycles. The standard InChI is InChI=1S/C23H16F3N2S/c1-13-15-8-5-6-10-18(15)29-22(13)21-17-11-14-7-3-4-9-16(14)19(23(24,25)26)20(17)27-12-28(21)2/h3-12H,1-2H3/q+1. The first-order valence-corrected chi connectivity index (χ1v) is 9.93. The first kappa shape index (κ1) is 18.1. The molecule has 0 aliphatic heterocycles. The number of hydrogen-bond acceptors (Lipinski definition) is 2. The van der Waals surface area contributed by atoms with Crippen LogP contribution >= 0.6 is 11.3 Å². The largest absolute Gasteiger partial charge is 0.421 e. The summed E-state index contributed by atoms with van der Waals surface area (Å²) in [5, 5.41) is 2.36. The predicted octanol–water partition coefficient (Wildman–Crippen LogP) is 6.42. The van der Waals surface area contributed by atoms with Gasteiger partial charge in [0.1, 0.15) is 5.56 Å². The fourth-order valence-corrected chi connectivity index (χ4v) is 5.32. The van der Waals surface area contributed by atoms with Gasteiger partial charge in [0.15, 0.2) is 11.2 Å². The van der Waals surface area contributed by atoms with Gasteiger partial charge in [0.2, 0.25) is 0 Å². The lowest BCUT2D eigenvalue weighted by Crippen LogP contribution is -2.32. The van der Waals surface area contributed by atoms with E-state index in [9.17, 15) is 13.2 Å². The summed E-state index contributed by atoms with van der Waals surface area (Å²) in [6.45, 7) is 2.02.